The van der Waals surface area contributed by atoms with Crippen molar-refractivity contribution in [2.45, 2.75) is 51.9 Å². The molecule has 1 N–H and O–H groups in total. The minimum absolute atomic E-state index is 0.240. The normalized spacial score (nSPS) is 16.5. The Kier molecular flexibility index (Phi) is 6.23. The van der Waals surface area contributed by atoms with Crippen molar-refractivity contribution in [1.82, 2.24) is 5.32 Å². The molecule has 120 valence electrons. The molecule has 0 fully saturated rings. The molecule has 0 saturated heterocycles. The topological polar surface area (TPSA) is 21.3 Å². The second kappa shape index (κ2) is 7.27. The molecule has 1 aromatic carbocycles. The fourth-order valence-electron chi connectivity index (χ4n) is 2.59. The predicted molar refractivity (Wildman–Crippen MR) is 78.2 cm³/mol. The number of benzene rings is 1. The molecule has 1 aromatic rings. The second-order valence-electron chi connectivity index (χ2n) is 5.17. The Hall–Kier alpha value is -1.07. The Bertz CT molecular complexity index is 447. The van der Waals surface area contributed by atoms with E-state index >= 15 is 0 Å². The maximum atomic E-state index is 13.3. The SMILES string of the molecule is CCNC(c1ccccc1C(F)(F)F)C(C)(CC)OCC. The predicted octanol–water partition coefficient (Wildman–Crippen LogP) is 4.56. The minimum atomic E-state index is -4.37. The molecule has 0 heterocycles. The second-order valence-corrected chi connectivity index (χ2v) is 5.17. The number of ether oxygens (including phenoxy) is 1. The summed E-state index contributed by atoms with van der Waals surface area (Å²) in [5.41, 5.74) is -1.05. The van der Waals surface area contributed by atoms with Gasteiger partial charge in [-0.1, -0.05) is 32.0 Å². The molecule has 0 bridgehead atoms. The van der Waals surface area contributed by atoms with E-state index in [-0.39, 0.29) is 5.56 Å². The third kappa shape index (κ3) is 4.20. The van der Waals surface area contributed by atoms with Crippen molar-refractivity contribution >= 4 is 0 Å². The van der Waals surface area contributed by atoms with Gasteiger partial charge in [0.25, 0.3) is 0 Å². The standard InChI is InChI=1S/C16H24F3NO/c1-5-15(4,21-7-3)14(20-6-2)12-10-8-9-11-13(12)16(17,18)19/h8-11,14,20H,5-7H2,1-4H3. The van der Waals surface area contributed by atoms with Crippen LogP contribution in [-0.4, -0.2) is 18.8 Å². The van der Waals surface area contributed by atoms with E-state index in [1.807, 2.05) is 27.7 Å². The Morgan fingerprint density at radius 2 is 1.76 bits per heavy atom. The number of nitrogens with one attached hydrogen (secondary N) is 1. The van der Waals surface area contributed by atoms with Crippen molar-refractivity contribution in [1.29, 1.82) is 0 Å². The number of alkyl halides is 3. The van der Waals surface area contributed by atoms with Crippen LogP contribution in [0.15, 0.2) is 24.3 Å². The lowest BCUT2D eigenvalue weighted by Crippen LogP contribution is -2.44. The Morgan fingerprint density at radius 3 is 2.24 bits per heavy atom. The van der Waals surface area contributed by atoms with Gasteiger partial charge in [-0.2, -0.15) is 13.2 Å². The first-order valence-electron chi connectivity index (χ1n) is 7.33. The van der Waals surface area contributed by atoms with E-state index in [1.54, 1.807) is 6.07 Å². The average molecular weight is 303 g/mol. The van der Waals surface area contributed by atoms with E-state index in [9.17, 15) is 13.2 Å². The largest absolute Gasteiger partial charge is 0.416 e. The van der Waals surface area contributed by atoms with Crippen molar-refractivity contribution in [3.05, 3.63) is 35.4 Å². The molecule has 1 rings (SSSR count). The van der Waals surface area contributed by atoms with E-state index in [4.69, 9.17) is 4.74 Å². The summed E-state index contributed by atoms with van der Waals surface area (Å²) in [6.07, 6.45) is -3.75. The third-order valence-corrected chi connectivity index (χ3v) is 3.77. The summed E-state index contributed by atoms with van der Waals surface area (Å²) in [7, 11) is 0. The number of likely N-dealkylation sites (N-methyl/N-ethyl adjacent to an activating group) is 1. The molecule has 0 aliphatic rings. The summed E-state index contributed by atoms with van der Waals surface area (Å²) in [5, 5.41) is 3.16. The van der Waals surface area contributed by atoms with Crippen molar-refractivity contribution in [2.75, 3.05) is 13.2 Å². The average Bonchev–Trinajstić information content (AvgIpc) is 2.44. The first-order valence-corrected chi connectivity index (χ1v) is 7.33. The first kappa shape index (κ1) is 18.0. The lowest BCUT2D eigenvalue weighted by atomic mass is 9.85. The van der Waals surface area contributed by atoms with Crippen LogP contribution < -0.4 is 5.32 Å². The lowest BCUT2D eigenvalue weighted by Gasteiger charge is -2.38. The maximum absolute atomic E-state index is 13.3. The van der Waals surface area contributed by atoms with Crippen LogP contribution in [0.25, 0.3) is 0 Å². The Labute approximate surface area is 124 Å². The fourth-order valence-corrected chi connectivity index (χ4v) is 2.59. The Morgan fingerprint density at radius 1 is 1.14 bits per heavy atom. The summed E-state index contributed by atoms with van der Waals surface area (Å²) < 4.78 is 45.6. The zero-order valence-electron chi connectivity index (χ0n) is 13.1. The van der Waals surface area contributed by atoms with E-state index in [0.29, 0.717) is 19.6 Å². The number of rotatable bonds is 7. The first-order chi connectivity index (χ1) is 9.80. The summed E-state index contributed by atoms with van der Waals surface area (Å²) in [6.45, 7) is 8.55. The van der Waals surface area contributed by atoms with Crippen LogP contribution in [0, 0.1) is 0 Å². The molecule has 0 radical (unpaired) electrons. The highest BCUT2D eigenvalue weighted by Gasteiger charge is 2.40. The number of halogens is 3. The summed E-state index contributed by atoms with van der Waals surface area (Å²) in [4.78, 5) is 0. The van der Waals surface area contributed by atoms with Gasteiger partial charge in [0.2, 0.25) is 0 Å². The quantitative estimate of drug-likeness (QED) is 0.797. The van der Waals surface area contributed by atoms with E-state index in [0.717, 1.165) is 6.07 Å². The van der Waals surface area contributed by atoms with Crippen LogP contribution >= 0.6 is 0 Å². The molecule has 0 spiro atoms. The van der Waals surface area contributed by atoms with Crippen molar-refractivity contribution in [3.8, 4) is 0 Å². The van der Waals surface area contributed by atoms with Gasteiger partial charge in [-0.3, -0.25) is 0 Å². The molecule has 2 atom stereocenters. The molecule has 5 heteroatoms. The third-order valence-electron chi connectivity index (χ3n) is 3.77. The van der Waals surface area contributed by atoms with Gasteiger partial charge in [0.05, 0.1) is 17.2 Å². The summed E-state index contributed by atoms with van der Waals surface area (Å²) >= 11 is 0. The van der Waals surface area contributed by atoms with E-state index < -0.39 is 23.4 Å². The van der Waals surface area contributed by atoms with Crippen LogP contribution in [0.1, 0.15) is 51.3 Å². The van der Waals surface area contributed by atoms with Crippen LogP contribution in [-0.2, 0) is 10.9 Å². The van der Waals surface area contributed by atoms with E-state index in [2.05, 4.69) is 5.32 Å². The molecule has 0 aliphatic carbocycles. The van der Waals surface area contributed by atoms with Crippen molar-refractivity contribution in [3.63, 3.8) is 0 Å². The van der Waals surface area contributed by atoms with Gasteiger partial charge in [-0.05, 0) is 38.4 Å². The number of hydrogen-bond donors (Lipinski definition) is 1. The van der Waals surface area contributed by atoms with Crippen LogP contribution in [0.3, 0.4) is 0 Å². The van der Waals surface area contributed by atoms with Crippen LogP contribution in [0.2, 0.25) is 0 Å². The fraction of sp³-hybridized carbons (Fsp3) is 0.625. The zero-order valence-corrected chi connectivity index (χ0v) is 13.1. The van der Waals surface area contributed by atoms with E-state index in [1.165, 1.54) is 12.1 Å². The Balaban J connectivity index is 3.35. The van der Waals surface area contributed by atoms with Gasteiger partial charge in [-0.15, -0.1) is 0 Å². The molecule has 2 nitrogen and oxygen atoms in total. The molecule has 21 heavy (non-hydrogen) atoms. The smallest absolute Gasteiger partial charge is 0.374 e. The van der Waals surface area contributed by atoms with Crippen LogP contribution in [0.4, 0.5) is 13.2 Å². The minimum Gasteiger partial charge on any atom is -0.374 e. The molecule has 2 unspecified atom stereocenters. The monoisotopic (exact) mass is 303 g/mol. The zero-order chi connectivity index (χ0) is 16.1. The summed E-state index contributed by atoms with van der Waals surface area (Å²) in [5.74, 6) is 0. The van der Waals surface area contributed by atoms with Gasteiger partial charge in [0, 0.05) is 6.61 Å². The molecule has 0 amide bonds. The van der Waals surface area contributed by atoms with Gasteiger partial charge in [0.1, 0.15) is 0 Å². The highest BCUT2D eigenvalue weighted by molar-refractivity contribution is 5.34. The van der Waals surface area contributed by atoms with Gasteiger partial charge in [0.15, 0.2) is 0 Å². The summed E-state index contributed by atoms with van der Waals surface area (Å²) in [6, 6.07) is 5.20. The van der Waals surface area contributed by atoms with Gasteiger partial charge < -0.3 is 10.1 Å². The van der Waals surface area contributed by atoms with Crippen molar-refractivity contribution in [2.24, 2.45) is 0 Å². The van der Waals surface area contributed by atoms with Gasteiger partial charge >= 0.3 is 6.18 Å². The highest BCUT2D eigenvalue weighted by Crippen LogP contribution is 2.39. The van der Waals surface area contributed by atoms with Crippen LogP contribution in [0.5, 0.6) is 0 Å². The highest BCUT2D eigenvalue weighted by atomic mass is 19.4. The molecular weight excluding hydrogens is 279 g/mol. The molecule has 0 saturated carbocycles. The molecule has 0 aromatic heterocycles. The maximum Gasteiger partial charge on any atom is 0.416 e. The number of hydrogen-bond acceptors (Lipinski definition) is 2. The molecular formula is C16H24F3NO. The van der Waals surface area contributed by atoms with Gasteiger partial charge in [-0.25, -0.2) is 0 Å². The lowest BCUT2D eigenvalue weighted by molar-refractivity contribution is -0.139. The molecule has 0 aliphatic heterocycles. The van der Waals surface area contributed by atoms with Crippen molar-refractivity contribution < 1.29 is 17.9 Å².